The van der Waals surface area contributed by atoms with Gasteiger partial charge in [0, 0.05) is 34.9 Å². The Hall–Kier alpha value is -2.11. The lowest BCUT2D eigenvalue weighted by Gasteiger charge is -2.11. The molecule has 1 aromatic carbocycles. The van der Waals surface area contributed by atoms with Crippen LogP contribution in [0, 0.1) is 0 Å². The molecule has 0 saturated carbocycles. The molecule has 0 fully saturated rings. The maximum atomic E-state index is 12.5. The van der Waals surface area contributed by atoms with E-state index in [0.717, 1.165) is 44.8 Å². The quantitative estimate of drug-likeness (QED) is 0.771. The number of nitrogens with one attached hydrogen (secondary N) is 1. The van der Waals surface area contributed by atoms with Crippen molar-refractivity contribution in [2.75, 3.05) is 14.2 Å². The monoisotopic (exact) mass is 342 g/mol. The van der Waals surface area contributed by atoms with E-state index in [1.165, 1.54) is 5.56 Å². The second kappa shape index (κ2) is 6.79. The van der Waals surface area contributed by atoms with Crippen LogP contribution in [0.4, 0.5) is 0 Å². The van der Waals surface area contributed by atoms with Gasteiger partial charge in [-0.05, 0) is 36.7 Å². The topological polar surface area (TPSA) is 43.3 Å². The summed E-state index contributed by atoms with van der Waals surface area (Å²) in [5.41, 5.74) is 3.37. The molecule has 0 amide bonds. The Bertz CT molecular complexity index is 940. The van der Waals surface area contributed by atoms with Crippen molar-refractivity contribution in [1.29, 1.82) is 0 Å². The maximum absolute atomic E-state index is 12.5. The fourth-order valence-corrected chi connectivity index (χ4v) is 4.17. The first-order chi connectivity index (χ1) is 11.6. The molecule has 3 aromatic rings. The van der Waals surface area contributed by atoms with Crippen LogP contribution in [-0.2, 0) is 20.0 Å². The standard InChI is InChI=1S/C19H22N2O2S/c1-5-12-6-7-13(8-17(12)23-4)16-11-21(3)19(22)15-9-14(10-20-2)24-18(15)16/h6-9,11,20H,5,10H2,1-4H3. The van der Waals surface area contributed by atoms with E-state index in [2.05, 4.69) is 30.4 Å². The number of fused-ring (bicyclic) bond motifs is 1. The number of ether oxygens (including phenoxy) is 1. The number of thiophene rings is 1. The third-order valence-electron chi connectivity index (χ3n) is 4.23. The number of hydrogen-bond donors (Lipinski definition) is 1. The Balaban J connectivity index is 2.25. The Morgan fingerprint density at radius 2 is 2.08 bits per heavy atom. The third kappa shape index (κ3) is 2.85. The van der Waals surface area contributed by atoms with E-state index in [-0.39, 0.29) is 5.56 Å². The molecule has 0 atom stereocenters. The van der Waals surface area contributed by atoms with Crippen molar-refractivity contribution < 1.29 is 4.74 Å². The highest BCUT2D eigenvalue weighted by molar-refractivity contribution is 7.19. The number of nitrogens with zero attached hydrogens (tertiary/aromatic N) is 1. The van der Waals surface area contributed by atoms with Crippen molar-refractivity contribution in [3.63, 3.8) is 0 Å². The summed E-state index contributed by atoms with van der Waals surface area (Å²) in [6.45, 7) is 2.88. The number of aryl methyl sites for hydroxylation is 2. The van der Waals surface area contributed by atoms with E-state index in [9.17, 15) is 4.79 Å². The Morgan fingerprint density at radius 1 is 1.29 bits per heavy atom. The molecule has 0 aliphatic rings. The number of rotatable bonds is 5. The van der Waals surface area contributed by atoms with E-state index < -0.39 is 0 Å². The first-order valence-corrected chi connectivity index (χ1v) is 8.84. The van der Waals surface area contributed by atoms with Gasteiger partial charge in [-0.3, -0.25) is 4.79 Å². The van der Waals surface area contributed by atoms with Crippen molar-refractivity contribution >= 4 is 21.4 Å². The first-order valence-electron chi connectivity index (χ1n) is 8.03. The predicted octanol–water partition coefficient (Wildman–Crippen LogP) is 3.56. The highest BCUT2D eigenvalue weighted by Gasteiger charge is 2.14. The van der Waals surface area contributed by atoms with Gasteiger partial charge in [-0.1, -0.05) is 19.1 Å². The molecule has 0 aliphatic carbocycles. The summed E-state index contributed by atoms with van der Waals surface area (Å²) in [6, 6.07) is 8.28. The molecule has 126 valence electrons. The van der Waals surface area contributed by atoms with Crippen LogP contribution in [0.1, 0.15) is 17.4 Å². The van der Waals surface area contributed by atoms with Gasteiger partial charge in [-0.2, -0.15) is 0 Å². The minimum atomic E-state index is 0.0458. The van der Waals surface area contributed by atoms with Crippen molar-refractivity contribution in [1.82, 2.24) is 9.88 Å². The van der Waals surface area contributed by atoms with Crippen molar-refractivity contribution in [3.05, 3.63) is 51.3 Å². The van der Waals surface area contributed by atoms with Crippen LogP contribution in [0.3, 0.4) is 0 Å². The van der Waals surface area contributed by atoms with Gasteiger partial charge in [-0.15, -0.1) is 11.3 Å². The normalized spacial score (nSPS) is 11.2. The van der Waals surface area contributed by atoms with Gasteiger partial charge in [-0.25, -0.2) is 0 Å². The molecule has 5 heteroatoms. The average Bonchev–Trinajstić information content (AvgIpc) is 3.02. The summed E-state index contributed by atoms with van der Waals surface area (Å²) in [5, 5.41) is 3.93. The number of benzene rings is 1. The number of aromatic nitrogens is 1. The van der Waals surface area contributed by atoms with E-state index >= 15 is 0 Å². The number of pyridine rings is 1. The summed E-state index contributed by atoms with van der Waals surface area (Å²) >= 11 is 1.67. The molecule has 4 nitrogen and oxygen atoms in total. The van der Waals surface area contributed by atoms with Crippen LogP contribution in [0.25, 0.3) is 21.2 Å². The van der Waals surface area contributed by atoms with Gasteiger partial charge in [0.25, 0.3) is 5.56 Å². The zero-order chi connectivity index (χ0) is 17.3. The molecule has 3 rings (SSSR count). The highest BCUT2D eigenvalue weighted by Crippen LogP contribution is 2.35. The molecule has 24 heavy (non-hydrogen) atoms. The highest BCUT2D eigenvalue weighted by atomic mass is 32.1. The molecule has 0 radical (unpaired) electrons. The van der Waals surface area contributed by atoms with Gasteiger partial charge in [0.05, 0.1) is 12.5 Å². The van der Waals surface area contributed by atoms with Crippen LogP contribution < -0.4 is 15.6 Å². The lowest BCUT2D eigenvalue weighted by atomic mass is 10.0. The third-order valence-corrected chi connectivity index (χ3v) is 5.40. The van der Waals surface area contributed by atoms with Gasteiger partial charge < -0.3 is 14.6 Å². The molecule has 2 aromatic heterocycles. The fourth-order valence-electron chi connectivity index (χ4n) is 2.97. The zero-order valence-electron chi connectivity index (χ0n) is 14.5. The van der Waals surface area contributed by atoms with Gasteiger partial charge in [0.15, 0.2) is 0 Å². The summed E-state index contributed by atoms with van der Waals surface area (Å²) < 4.78 is 8.23. The minimum Gasteiger partial charge on any atom is -0.496 e. The lowest BCUT2D eigenvalue weighted by Crippen LogP contribution is -2.15. The predicted molar refractivity (Wildman–Crippen MR) is 101 cm³/mol. The van der Waals surface area contributed by atoms with Crippen molar-refractivity contribution in [2.24, 2.45) is 7.05 Å². The van der Waals surface area contributed by atoms with E-state index in [0.29, 0.717) is 0 Å². The molecule has 0 spiro atoms. The lowest BCUT2D eigenvalue weighted by molar-refractivity contribution is 0.410. The van der Waals surface area contributed by atoms with Crippen LogP contribution in [0.5, 0.6) is 5.75 Å². The summed E-state index contributed by atoms with van der Waals surface area (Å²) in [7, 11) is 5.42. The Labute approximate surface area is 145 Å². The fraction of sp³-hybridized carbons (Fsp3) is 0.316. The second-order valence-electron chi connectivity index (χ2n) is 5.82. The SMILES string of the molecule is CCc1ccc(-c2cn(C)c(=O)c3cc(CNC)sc23)cc1OC. The minimum absolute atomic E-state index is 0.0458. The van der Waals surface area contributed by atoms with Gasteiger partial charge in [0.1, 0.15) is 5.75 Å². The molecular weight excluding hydrogens is 320 g/mol. The van der Waals surface area contributed by atoms with Crippen LogP contribution in [-0.4, -0.2) is 18.7 Å². The summed E-state index contributed by atoms with van der Waals surface area (Å²) in [4.78, 5) is 13.6. The largest absolute Gasteiger partial charge is 0.496 e. The molecule has 0 aliphatic heterocycles. The molecule has 0 unspecified atom stereocenters. The maximum Gasteiger partial charge on any atom is 0.259 e. The molecule has 2 heterocycles. The van der Waals surface area contributed by atoms with Crippen LogP contribution in [0.15, 0.2) is 35.3 Å². The second-order valence-corrected chi connectivity index (χ2v) is 6.96. The Kier molecular flexibility index (Phi) is 4.73. The first kappa shape index (κ1) is 16.7. The molecule has 0 saturated heterocycles. The molecule has 0 bridgehead atoms. The molecular formula is C19H22N2O2S. The van der Waals surface area contributed by atoms with Crippen molar-refractivity contribution in [2.45, 2.75) is 19.9 Å². The number of hydrogen-bond acceptors (Lipinski definition) is 4. The van der Waals surface area contributed by atoms with E-state index in [1.54, 1.807) is 30.1 Å². The van der Waals surface area contributed by atoms with Crippen LogP contribution >= 0.6 is 11.3 Å². The number of methoxy groups -OCH3 is 1. The zero-order valence-corrected chi connectivity index (χ0v) is 15.3. The summed E-state index contributed by atoms with van der Waals surface area (Å²) in [5.74, 6) is 0.893. The molecule has 1 N–H and O–H groups in total. The Morgan fingerprint density at radius 3 is 2.75 bits per heavy atom. The van der Waals surface area contributed by atoms with Crippen LogP contribution in [0.2, 0.25) is 0 Å². The van der Waals surface area contributed by atoms with Gasteiger partial charge >= 0.3 is 0 Å². The smallest absolute Gasteiger partial charge is 0.259 e. The van der Waals surface area contributed by atoms with E-state index in [1.807, 2.05) is 19.3 Å². The van der Waals surface area contributed by atoms with E-state index in [4.69, 9.17) is 4.74 Å². The average molecular weight is 342 g/mol. The summed E-state index contributed by atoms with van der Waals surface area (Å²) in [6.07, 6.45) is 2.85. The van der Waals surface area contributed by atoms with Crippen molar-refractivity contribution in [3.8, 4) is 16.9 Å². The van der Waals surface area contributed by atoms with Gasteiger partial charge in [0.2, 0.25) is 0 Å².